The third-order valence-corrected chi connectivity index (χ3v) is 1.52. The molecule has 1 rings (SSSR count). The van der Waals surface area contributed by atoms with Crippen molar-refractivity contribution >= 4 is 5.82 Å². The van der Waals surface area contributed by atoms with E-state index in [-0.39, 0.29) is 17.1 Å². The van der Waals surface area contributed by atoms with E-state index in [0.717, 1.165) is 6.07 Å². The van der Waals surface area contributed by atoms with Gasteiger partial charge in [-0.05, 0) is 6.92 Å². The Kier molecular flexibility index (Phi) is 2.70. The highest BCUT2D eigenvalue weighted by molar-refractivity contribution is 5.51. The summed E-state index contributed by atoms with van der Waals surface area (Å²) in [6.07, 6.45) is -4.86. The summed E-state index contributed by atoms with van der Waals surface area (Å²) in [4.78, 5) is 3.64. The second-order valence-electron chi connectivity index (χ2n) is 2.67. The molecule has 0 aromatic carbocycles. The Balaban J connectivity index is 3.23. The highest BCUT2D eigenvalue weighted by atomic mass is 19.4. The second-order valence-corrected chi connectivity index (χ2v) is 2.67. The zero-order valence-electron chi connectivity index (χ0n) is 7.59. The number of aromatic nitrogens is 1. The predicted octanol–water partition coefficient (Wildman–Crippen LogP) is 1.74. The molecule has 7 heteroatoms. The zero-order valence-corrected chi connectivity index (χ0v) is 7.59. The van der Waals surface area contributed by atoms with Crippen molar-refractivity contribution in [3.8, 4) is 11.8 Å². The minimum atomic E-state index is -4.86. The summed E-state index contributed by atoms with van der Waals surface area (Å²) < 4.78 is 39.4. The van der Waals surface area contributed by atoms with Crippen LogP contribution in [-0.4, -0.2) is 11.3 Å². The molecule has 0 saturated heterocycles. The van der Waals surface area contributed by atoms with Gasteiger partial charge in [0.25, 0.3) is 0 Å². The normalized spacial score (nSPS) is 10.9. The summed E-state index contributed by atoms with van der Waals surface area (Å²) in [5.41, 5.74) is 5.05. The first-order valence-corrected chi connectivity index (χ1v) is 3.76. The fraction of sp³-hybridized carbons (Fsp3) is 0.250. The smallest absolute Gasteiger partial charge is 0.404 e. The predicted molar refractivity (Wildman–Crippen MR) is 44.8 cm³/mol. The fourth-order valence-electron chi connectivity index (χ4n) is 1.01. The number of nitrogens with two attached hydrogens (primary N) is 1. The fourth-order valence-corrected chi connectivity index (χ4v) is 1.01. The van der Waals surface area contributed by atoms with E-state index in [4.69, 9.17) is 11.0 Å². The first-order valence-electron chi connectivity index (χ1n) is 3.76. The summed E-state index contributed by atoms with van der Waals surface area (Å²) in [6, 6.07) is 2.43. The zero-order chi connectivity index (χ0) is 11.6. The highest BCUT2D eigenvalue weighted by Crippen LogP contribution is 2.28. The third-order valence-electron chi connectivity index (χ3n) is 1.52. The van der Waals surface area contributed by atoms with Crippen LogP contribution < -0.4 is 10.5 Å². The van der Waals surface area contributed by atoms with Gasteiger partial charge in [-0.3, -0.25) is 0 Å². The van der Waals surface area contributed by atoms with Gasteiger partial charge < -0.3 is 10.5 Å². The monoisotopic (exact) mass is 217 g/mol. The molecular weight excluding hydrogens is 211 g/mol. The topological polar surface area (TPSA) is 71.9 Å². The Morgan fingerprint density at radius 1 is 1.53 bits per heavy atom. The summed E-state index contributed by atoms with van der Waals surface area (Å²) in [5, 5.41) is 8.61. The van der Waals surface area contributed by atoms with E-state index in [1.54, 1.807) is 6.07 Å². The average molecular weight is 217 g/mol. The Hall–Kier alpha value is -1.97. The number of hydrogen-bond donors (Lipinski definition) is 1. The van der Waals surface area contributed by atoms with Gasteiger partial charge in [0, 0.05) is 6.07 Å². The molecule has 1 aromatic rings. The van der Waals surface area contributed by atoms with Crippen LogP contribution >= 0.6 is 0 Å². The van der Waals surface area contributed by atoms with Crippen LogP contribution in [0.4, 0.5) is 19.0 Å². The van der Waals surface area contributed by atoms with Gasteiger partial charge >= 0.3 is 6.36 Å². The molecule has 0 spiro atoms. The minimum absolute atomic E-state index is 0.0942. The molecule has 0 saturated carbocycles. The van der Waals surface area contributed by atoms with Gasteiger partial charge in [-0.2, -0.15) is 5.26 Å². The molecule has 0 unspecified atom stereocenters. The first-order chi connectivity index (χ1) is 6.83. The van der Waals surface area contributed by atoms with Gasteiger partial charge in [0.2, 0.25) is 0 Å². The number of halogens is 3. The maximum Gasteiger partial charge on any atom is 0.573 e. The van der Waals surface area contributed by atoms with Crippen molar-refractivity contribution in [1.29, 1.82) is 5.26 Å². The van der Waals surface area contributed by atoms with Gasteiger partial charge in [-0.25, -0.2) is 4.98 Å². The highest BCUT2D eigenvalue weighted by Gasteiger charge is 2.32. The molecule has 1 heterocycles. The number of pyridine rings is 1. The largest absolute Gasteiger partial charge is 0.573 e. The molecule has 0 aliphatic carbocycles. The SMILES string of the molecule is Cc1nc(N)cc(OC(F)(F)F)c1C#N. The molecule has 2 N–H and O–H groups in total. The van der Waals surface area contributed by atoms with E-state index in [1.807, 2.05) is 0 Å². The molecule has 0 aliphatic rings. The molecule has 0 amide bonds. The van der Waals surface area contributed by atoms with Crippen molar-refractivity contribution < 1.29 is 17.9 Å². The van der Waals surface area contributed by atoms with Crippen molar-refractivity contribution in [2.75, 3.05) is 5.73 Å². The molecule has 0 fully saturated rings. The van der Waals surface area contributed by atoms with Crippen molar-refractivity contribution in [3.05, 3.63) is 17.3 Å². The molecule has 1 aromatic heterocycles. The van der Waals surface area contributed by atoms with Crippen LogP contribution in [0.3, 0.4) is 0 Å². The van der Waals surface area contributed by atoms with E-state index >= 15 is 0 Å². The Morgan fingerprint density at radius 2 is 2.13 bits per heavy atom. The van der Waals surface area contributed by atoms with Crippen LogP contribution in [0.2, 0.25) is 0 Å². The minimum Gasteiger partial charge on any atom is -0.404 e. The van der Waals surface area contributed by atoms with Crippen LogP contribution in [0.5, 0.6) is 5.75 Å². The number of nitrogens with zero attached hydrogens (tertiary/aromatic N) is 2. The lowest BCUT2D eigenvalue weighted by molar-refractivity contribution is -0.274. The standard InChI is InChI=1S/C8H6F3N3O/c1-4-5(3-12)6(2-7(13)14-4)15-8(9,10)11/h2H,1H3,(H2,13,14). The van der Waals surface area contributed by atoms with E-state index in [2.05, 4.69) is 9.72 Å². The van der Waals surface area contributed by atoms with Crippen molar-refractivity contribution in [2.45, 2.75) is 13.3 Å². The summed E-state index contributed by atoms with van der Waals surface area (Å²) in [6.45, 7) is 1.37. The van der Waals surface area contributed by atoms with E-state index in [1.165, 1.54) is 6.92 Å². The van der Waals surface area contributed by atoms with Crippen LogP contribution in [0.1, 0.15) is 11.3 Å². The summed E-state index contributed by atoms with van der Waals surface area (Å²) >= 11 is 0. The van der Waals surface area contributed by atoms with Crippen LogP contribution in [-0.2, 0) is 0 Å². The number of hydrogen-bond acceptors (Lipinski definition) is 4. The molecule has 0 radical (unpaired) electrons. The number of anilines is 1. The quantitative estimate of drug-likeness (QED) is 0.777. The summed E-state index contributed by atoms with van der Waals surface area (Å²) in [5.74, 6) is -0.763. The molecule has 0 atom stereocenters. The molecular formula is C8H6F3N3O. The van der Waals surface area contributed by atoms with Gasteiger partial charge in [-0.1, -0.05) is 0 Å². The number of alkyl halides is 3. The Bertz CT molecular complexity index is 422. The van der Waals surface area contributed by atoms with Gasteiger partial charge in [0.15, 0.2) is 5.75 Å². The average Bonchev–Trinajstić information content (AvgIpc) is 1.99. The van der Waals surface area contributed by atoms with Crippen molar-refractivity contribution in [3.63, 3.8) is 0 Å². The van der Waals surface area contributed by atoms with Crippen molar-refractivity contribution in [2.24, 2.45) is 0 Å². The molecule has 0 aliphatic heterocycles. The molecule has 80 valence electrons. The molecule has 4 nitrogen and oxygen atoms in total. The number of ether oxygens (including phenoxy) is 1. The lowest BCUT2D eigenvalue weighted by Gasteiger charge is -2.11. The Labute approximate surface area is 83.1 Å². The molecule has 15 heavy (non-hydrogen) atoms. The van der Waals surface area contributed by atoms with E-state index < -0.39 is 12.1 Å². The van der Waals surface area contributed by atoms with Crippen LogP contribution in [0, 0.1) is 18.3 Å². The number of rotatable bonds is 1. The molecule has 0 bridgehead atoms. The first kappa shape index (κ1) is 11.1. The van der Waals surface area contributed by atoms with Crippen molar-refractivity contribution in [1.82, 2.24) is 4.98 Å². The van der Waals surface area contributed by atoms with Gasteiger partial charge in [-0.15, -0.1) is 13.2 Å². The Morgan fingerprint density at radius 3 is 2.60 bits per heavy atom. The lowest BCUT2D eigenvalue weighted by atomic mass is 10.2. The van der Waals surface area contributed by atoms with E-state index in [0.29, 0.717) is 0 Å². The second kappa shape index (κ2) is 3.65. The third kappa shape index (κ3) is 2.74. The van der Waals surface area contributed by atoms with E-state index in [9.17, 15) is 13.2 Å². The maximum atomic E-state index is 11.9. The number of nitriles is 1. The summed E-state index contributed by atoms with van der Waals surface area (Å²) in [7, 11) is 0. The lowest BCUT2D eigenvalue weighted by Crippen LogP contribution is -2.18. The van der Waals surface area contributed by atoms with Gasteiger partial charge in [0.05, 0.1) is 5.69 Å². The van der Waals surface area contributed by atoms with Crippen LogP contribution in [0.25, 0.3) is 0 Å². The van der Waals surface area contributed by atoms with Crippen LogP contribution in [0.15, 0.2) is 6.07 Å². The number of aryl methyl sites for hydroxylation is 1. The van der Waals surface area contributed by atoms with Gasteiger partial charge in [0.1, 0.15) is 17.5 Å². The maximum absolute atomic E-state index is 11.9. The number of nitrogen functional groups attached to an aromatic ring is 1.